The Morgan fingerprint density at radius 1 is 0.833 bits per heavy atom. The number of ether oxygens (including phenoxy) is 2. The van der Waals surface area contributed by atoms with Crippen LogP contribution in [-0.2, 0) is 14.3 Å². The number of carbonyl (C=O) groups is 1. The minimum Gasteiger partial charge on any atom is -0.461 e. The molecule has 204 valence electrons. The number of esters is 1. The standard InChI is InChI=1S/C32H51ClO3/c1-27(2)14-16-32-17-15-30(6)20(25(32)26(27)35-19-32)8-9-22-29(5)12-11-23(36-24(34)18-33)28(3,4)21(29)10-13-31(22,30)7/h20-23,25-26H,8-19H2,1-7H3/t20-,21+,22-,23+,25+,26-,29+,30-,31-,32-/m1/s1. The first kappa shape index (κ1) is 26.0. The van der Waals surface area contributed by atoms with Crippen LogP contribution in [0.1, 0.15) is 113 Å². The Hall–Kier alpha value is -0.280. The summed E-state index contributed by atoms with van der Waals surface area (Å²) in [5.74, 6) is 2.60. The topological polar surface area (TPSA) is 35.5 Å². The number of fused-ring (bicyclic) bond motifs is 5. The van der Waals surface area contributed by atoms with Gasteiger partial charge in [-0.3, -0.25) is 4.79 Å². The molecule has 0 radical (unpaired) electrons. The first-order valence-corrected chi connectivity index (χ1v) is 15.7. The van der Waals surface area contributed by atoms with Gasteiger partial charge in [0.2, 0.25) is 0 Å². The predicted octanol–water partition coefficient (Wildman–Crippen LogP) is 8.03. The van der Waals surface area contributed by atoms with Crippen LogP contribution in [0.15, 0.2) is 0 Å². The van der Waals surface area contributed by atoms with Crippen molar-refractivity contribution in [3.05, 3.63) is 0 Å². The Morgan fingerprint density at radius 2 is 1.56 bits per heavy atom. The van der Waals surface area contributed by atoms with Crippen LogP contribution in [-0.4, -0.2) is 30.7 Å². The smallest absolute Gasteiger partial charge is 0.321 e. The molecule has 0 N–H and O–H groups in total. The average Bonchev–Trinajstić information content (AvgIpc) is 3.15. The van der Waals surface area contributed by atoms with Gasteiger partial charge in [0.1, 0.15) is 12.0 Å². The molecular weight excluding hydrogens is 468 g/mol. The van der Waals surface area contributed by atoms with E-state index in [1.54, 1.807) is 0 Å². The molecule has 6 aliphatic rings. The number of rotatable bonds is 2. The molecule has 1 heterocycles. The number of alkyl halides is 1. The summed E-state index contributed by atoms with van der Waals surface area (Å²) in [5, 5.41) is 0. The van der Waals surface area contributed by atoms with E-state index in [0.717, 1.165) is 30.8 Å². The normalized spacial score (nSPS) is 54.4. The lowest BCUT2D eigenvalue weighted by atomic mass is 9.31. The van der Waals surface area contributed by atoms with Crippen LogP contribution in [0.25, 0.3) is 0 Å². The molecule has 0 aromatic rings. The lowest BCUT2D eigenvalue weighted by molar-refractivity contribution is -0.254. The van der Waals surface area contributed by atoms with Crippen molar-refractivity contribution in [1.29, 1.82) is 0 Å². The van der Waals surface area contributed by atoms with Crippen LogP contribution in [0.3, 0.4) is 0 Å². The Morgan fingerprint density at radius 3 is 2.28 bits per heavy atom. The number of hydrogen-bond acceptors (Lipinski definition) is 3. The van der Waals surface area contributed by atoms with Gasteiger partial charge in [0.15, 0.2) is 0 Å². The molecule has 0 unspecified atom stereocenters. The minimum absolute atomic E-state index is 0.00916. The maximum Gasteiger partial charge on any atom is 0.321 e. The lowest BCUT2D eigenvalue weighted by Gasteiger charge is -2.73. The van der Waals surface area contributed by atoms with Gasteiger partial charge in [-0.05, 0) is 115 Å². The fraction of sp³-hybridized carbons (Fsp3) is 0.969. The molecule has 3 nitrogen and oxygen atoms in total. The van der Waals surface area contributed by atoms with Crippen LogP contribution in [0, 0.1) is 56.2 Å². The molecule has 6 rings (SSSR count). The highest BCUT2D eigenvalue weighted by Gasteiger charge is 2.72. The molecule has 2 bridgehead atoms. The molecule has 4 heteroatoms. The van der Waals surface area contributed by atoms with Gasteiger partial charge < -0.3 is 9.47 Å². The molecule has 6 fully saturated rings. The van der Waals surface area contributed by atoms with Crippen LogP contribution < -0.4 is 0 Å². The SMILES string of the molecule is CC1(C)CC[C@]23CC[C@]4(C)[C@H](CC[C@@H]5[C@@]6(C)CC[C@H](OC(=O)CCl)C(C)(C)[C@@H]6CC[C@]54C)[C@H]2[C@H]1OC3. The van der Waals surface area contributed by atoms with E-state index in [0.29, 0.717) is 39.1 Å². The van der Waals surface area contributed by atoms with Crippen molar-refractivity contribution in [2.24, 2.45) is 56.2 Å². The van der Waals surface area contributed by atoms with E-state index in [1.165, 1.54) is 57.8 Å². The molecule has 1 aliphatic heterocycles. The summed E-state index contributed by atoms with van der Waals surface area (Å²) in [4.78, 5) is 12.1. The largest absolute Gasteiger partial charge is 0.461 e. The summed E-state index contributed by atoms with van der Waals surface area (Å²) < 4.78 is 12.7. The lowest BCUT2D eigenvalue weighted by Crippen LogP contribution is -2.68. The molecule has 10 atom stereocenters. The molecule has 1 saturated heterocycles. The Balaban J connectivity index is 1.33. The van der Waals surface area contributed by atoms with E-state index in [9.17, 15) is 4.79 Å². The number of hydrogen-bond donors (Lipinski definition) is 0. The Kier molecular flexibility index (Phi) is 5.69. The first-order valence-electron chi connectivity index (χ1n) is 15.1. The van der Waals surface area contributed by atoms with Crippen molar-refractivity contribution < 1.29 is 14.3 Å². The maximum atomic E-state index is 12.1. The van der Waals surface area contributed by atoms with E-state index in [-0.39, 0.29) is 23.4 Å². The maximum absolute atomic E-state index is 12.1. The van der Waals surface area contributed by atoms with E-state index < -0.39 is 0 Å². The molecule has 36 heavy (non-hydrogen) atoms. The van der Waals surface area contributed by atoms with Crippen molar-refractivity contribution in [3.8, 4) is 0 Å². The fourth-order valence-corrected chi connectivity index (χ4v) is 12.4. The molecule has 0 amide bonds. The van der Waals surface area contributed by atoms with Crippen LogP contribution in [0.5, 0.6) is 0 Å². The van der Waals surface area contributed by atoms with Gasteiger partial charge in [0.05, 0.1) is 12.7 Å². The van der Waals surface area contributed by atoms with Gasteiger partial charge in [0.25, 0.3) is 0 Å². The molecular formula is C32H51ClO3. The zero-order valence-corrected chi connectivity index (χ0v) is 24.8. The van der Waals surface area contributed by atoms with Crippen molar-refractivity contribution >= 4 is 17.6 Å². The Labute approximate surface area is 225 Å². The summed E-state index contributed by atoms with van der Waals surface area (Å²) >= 11 is 5.83. The second-order valence-electron chi connectivity index (χ2n) is 16.2. The van der Waals surface area contributed by atoms with Crippen LogP contribution in [0.2, 0.25) is 0 Å². The van der Waals surface area contributed by atoms with Gasteiger partial charge in [-0.25, -0.2) is 0 Å². The average molecular weight is 519 g/mol. The minimum atomic E-state index is -0.254. The molecule has 0 aromatic carbocycles. The second-order valence-corrected chi connectivity index (χ2v) is 16.5. The van der Waals surface area contributed by atoms with Crippen molar-refractivity contribution in [3.63, 3.8) is 0 Å². The van der Waals surface area contributed by atoms with Crippen LogP contribution in [0.4, 0.5) is 0 Å². The van der Waals surface area contributed by atoms with E-state index in [2.05, 4.69) is 48.5 Å². The highest BCUT2D eigenvalue weighted by molar-refractivity contribution is 6.26. The first-order chi connectivity index (χ1) is 16.8. The van der Waals surface area contributed by atoms with Gasteiger partial charge >= 0.3 is 5.97 Å². The fourth-order valence-electron chi connectivity index (χ4n) is 12.3. The Bertz CT molecular complexity index is 928. The summed E-state index contributed by atoms with van der Waals surface area (Å²) in [5.41, 5.74) is 1.84. The molecule has 5 saturated carbocycles. The second kappa shape index (κ2) is 7.89. The molecule has 0 spiro atoms. The van der Waals surface area contributed by atoms with Crippen molar-refractivity contribution in [2.75, 3.05) is 12.5 Å². The highest BCUT2D eigenvalue weighted by atomic mass is 35.5. The number of halogens is 1. The van der Waals surface area contributed by atoms with E-state index in [4.69, 9.17) is 21.1 Å². The third kappa shape index (κ3) is 3.11. The van der Waals surface area contributed by atoms with E-state index >= 15 is 0 Å². The van der Waals surface area contributed by atoms with Crippen molar-refractivity contribution in [1.82, 2.24) is 0 Å². The number of carbonyl (C=O) groups excluding carboxylic acids is 1. The van der Waals surface area contributed by atoms with Crippen LogP contribution >= 0.6 is 11.6 Å². The van der Waals surface area contributed by atoms with Gasteiger partial charge in [-0.1, -0.05) is 48.5 Å². The zero-order valence-electron chi connectivity index (χ0n) is 24.1. The third-order valence-corrected chi connectivity index (χ3v) is 14.7. The summed E-state index contributed by atoms with van der Waals surface area (Å²) in [6.07, 6.45) is 13.4. The van der Waals surface area contributed by atoms with Gasteiger partial charge in [-0.15, -0.1) is 11.6 Å². The summed E-state index contributed by atoms with van der Waals surface area (Å²) in [6.45, 7) is 18.8. The van der Waals surface area contributed by atoms with Gasteiger partial charge in [0, 0.05) is 5.41 Å². The summed E-state index contributed by atoms with van der Waals surface area (Å²) in [6, 6.07) is 0. The monoisotopic (exact) mass is 518 g/mol. The molecule has 0 aromatic heterocycles. The highest BCUT2D eigenvalue weighted by Crippen LogP contribution is 2.78. The zero-order chi connectivity index (χ0) is 25.9. The third-order valence-electron chi connectivity index (χ3n) is 14.5. The van der Waals surface area contributed by atoms with E-state index in [1.807, 2.05) is 0 Å². The summed E-state index contributed by atoms with van der Waals surface area (Å²) in [7, 11) is 0. The molecule has 5 aliphatic carbocycles. The predicted molar refractivity (Wildman–Crippen MR) is 145 cm³/mol. The van der Waals surface area contributed by atoms with Crippen molar-refractivity contribution in [2.45, 2.75) is 125 Å². The quantitative estimate of drug-likeness (QED) is 0.274. The van der Waals surface area contributed by atoms with Gasteiger partial charge in [-0.2, -0.15) is 0 Å².